The number of hydrogen-bond acceptors (Lipinski definition) is 3. The summed E-state index contributed by atoms with van der Waals surface area (Å²) in [5.41, 5.74) is 2.27. The maximum Gasteiger partial charge on any atom is 0.261 e. The third-order valence-electron chi connectivity index (χ3n) is 5.47. The average Bonchev–Trinajstić information content (AvgIpc) is 2.92. The smallest absolute Gasteiger partial charge is 0.261 e. The van der Waals surface area contributed by atoms with Gasteiger partial charge in [0.25, 0.3) is 5.91 Å². The van der Waals surface area contributed by atoms with Crippen LogP contribution in [0.25, 0.3) is 0 Å². The van der Waals surface area contributed by atoms with E-state index in [0.29, 0.717) is 6.42 Å². The minimum absolute atomic E-state index is 0.0222. The molecule has 1 spiro atoms. The molecule has 2 aromatic carbocycles. The number of fused-ring (bicyclic) bond motifs is 2. The number of hydrogen-bond donors (Lipinski definition) is 2. The highest BCUT2D eigenvalue weighted by Crippen LogP contribution is 2.46. The molecule has 4 heteroatoms. The van der Waals surface area contributed by atoms with Gasteiger partial charge < -0.3 is 15.4 Å². The number of amides is 1. The van der Waals surface area contributed by atoms with Gasteiger partial charge in [-0.2, -0.15) is 0 Å². The summed E-state index contributed by atoms with van der Waals surface area (Å²) in [6, 6.07) is 18.6. The Bertz CT molecular complexity index is 777. The second-order valence-corrected chi connectivity index (χ2v) is 7.36. The van der Waals surface area contributed by atoms with Crippen LogP contribution in [-0.4, -0.2) is 18.1 Å². The van der Waals surface area contributed by atoms with Crippen molar-refractivity contribution >= 4 is 11.6 Å². The van der Waals surface area contributed by atoms with Crippen LogP contribution >= 0.6 is 0 Å². The van der Waals surface area contributed by atoms with Gasteiger partial charge >= 0.3 is 0 Å². The van der Waals surface area contributed by atoms with E-state index in [-0.39, 0.29) is 18.1 Å². The number of ether oxygens (including phenoxy) is 1. The maximum atomic E-state index is 12.9. The number of nitrogens with one attached hydrogen (secondary N) is 2. The summed E-state index contributed by atoms with van der Waals surface area (Å²) >= 11 is 0. The molecule has 136 valence electrons. The topological polar surface area (TPSA) is 50.4 Å². The molecule has 3 atom stereocenters. The Morgan fingerprint density at radius 3 is 2.73 bits per heavy atom. The number of rotatable bonds is 5. The SMILES string of the molecule is CCC[C@H]1C[C@H](NCc2ccccc2)CC2(O1)C(=O)Nc1ccccc12. The first kappa shape index (κ1) is 17.3. The van der Waals surface area contributed by atoms with Gasteiger partial charge in [-0.3, -0.25) is 4.79 Å². The van der Waals surface area contributed by atoms with Crippen LogP contribution in [0.4, 0.5) is 5.69 Å². The zero-order valence-electron chi connectivity index (χ0n) is 15.2. The summed E-state index contributed by atoms with van der Waals surface area (Å²) < 4.78 is 6.44. The van der Waals surface area contributed by atoms with Gasteiger partial charge in [0.15, 0.2) is 5.60 Å². The van der Waals surface area contributed by atoms with E-state index in [2.05, 4.69) is 41.8 Å². The Morgan fingerprint density at radius 2 is 1.92 bits per heavy atom. The van der Waals surface area contributed by atoms with Crippen LogP contribution in [-0.2, 0) is 21.7 Å². The van der Waals surface area contributed by atoms with Crippen LogP contribution < -0.4 is 10.6 Å². The van der Waals surface area contributed by atoms with Crippen molar-refractivity contribution in [2.75, 3.05) is 5.32 Å². The van der Waals surface area contributed by atoms with Crippen molar-refractivity contribution in [1.82, 2.24) is 5.32 Å². The van der Waals surface area contributed by atoms with E-state index in [1.807, 2.05) is 30.3 Å². The van der Waals surface area contributed by atoms with Gasteiger partial charge in [-0.05, 0) is 24.5 Å². The highest BCUT2D eigenvalue weighted by atomic mass is 16.5. The standard InChI is InChI=1S/C22H26N2O2/c1-2-8-18-13-17(23-15-16-9-4-3-5-10-16)14-22(26-18)19-11-6-7-12-20(19)24-21(22)25/h3-7,9-12,17-18,23H,2,8,13-15H2,1H3,(H,24,25)/t17-,18-,22?/m0/s1. The molecule has 2 aliphatic heterocycles. The Labute approximate surface area is 155 Å². The van der Waals surface area contributed by atoms with Crippen molar-refractivity contribution in [3.05, 3.63) is 65.7 Å². The van der Waals surface area contributed by atoms with Crippen molar-refractivity contribution in [2.24, 2.45) is 0 Å². The van der Waals surface area contributed by atoms with E-state index in [9.17, 15) is 4.79 Å². The molecule has 4 rings (SSSR count). The van der Waals surface area contributed by atoms with Crippen LogP contribution in [0.1, 0.15) is 43.7 Å². The number of benzene rings is 2. The average molecular weight is 350 g/mol. The Balaban J connectivity index is 1.58. The Morgan fingerprint density at radius 1 is 1.15 bits per heavy atom. The molecule has 1 amide bonds. The lowest BCUT2D eigenvalue weighted by Gasteiger charge is -2.41. The molecule has 2 N–H and O–H groups in total. The number of carbonyl (C=O) groups is 1. The molecule has 0 radical (unpaired) electrons. The first-order valence-corrected chi connectivity index (χ1v) is 9.57. The molecule has 26 heavy (non-hydrogen) atoms. The number of anilines is 1. The molecule has 0 aliphatic carbocycles. The molecule has 0 saturated carbocycles. The van der Waals surface area contributed by atoms with Gasteiger partial charge in [0, 0.05) is 30.3 Å². The largest absolute Gasteiger partial charge is 0.357 e. The zero-order valence-corrected chi connectivity index (χ0v) is 15.2. The van der Waals surface area contributed by atoms with Crippen LogP contribution in [0, 0.1) is 0 Å². The van der Waals surface area contributed by atoms with E-state index in [1.165, 1.54) is 5.56 Å². The van der Waals surface area contributed by atoms with Gasteiger partial charge in [0.2, 0.25) is 0 Å². The molecule has 1 fully saturated rings. The number of para-hydroxylation sites is 1. The molecular weight excluding hydrogens is 324 g/mol. The summed E-state index contributed by atoms with van der Waals surface area (Å²) in [5, 5.41) is 6.69. The highest BCUT2D eigenvalue weighted by molar-refractivity contribution is 6.05. The third-order valence-corrected chi connectivity index (χ3v) is 5.47. The molecule has 4 nitrogen and oxygen atoms in total. The lowest BCUT2D eigenvalue weighted by atomic mass is 9.82. The summed E-state index contributed by atoms with van der Waals surface area (Å²) in [4.78, 5) is 12.9. The van der Waals surface area contributed by atoms with Crippen molar-refractivity contribution < 1.29 is 9.53 Å². The first-order chi connectivity index (χ1) is 12.7. The van der Waals surface area contributed by atoms with E-state index in [1.54, 1.807) is 0 Å². The molecule has 2 aromatic rings. The van der Waals surface area contributed by atoms with Crippen LogP contribution in [0.3, 0.4) is 0 Å². The van der Waals surface area contributed by atoms with Crippen LogP contribution in [0.2, 0.25) is 0 Å². The van der Waals surface area contributed by atoms with Crippen molar-refractivity contribution in [2.45, 2.75) is 56.9 Å². The summed E-state index contributed by atoms with van der Waals surface area (Å²) in [6.45, 7) is 2.98. The van der Waals surface area contributed by atoms with E-state index in [4.69, 9.17) is 4.74 Å². The van der Waals surface area contributed by atoms with E-state index >= 15 is 0 Å². The van der Waals surface area contributed by atoms with Gasteiger partial charge in [0.05, 0.1) is 6.10 Å². The molecular formula is C22H26N2O2. The van der Waals surface area contributed by atoms with Crippen LogP contribution in [0.5, 0.6) is 0 Å². The second kappa shape index (κ2) is 7.22. The van der Waals surface area contributed by atoms with Gasteiger partial charge in [-0.1, -0.05) is 61.9 Å². The molecule has 2 aliphatic rings. The van der Waals surface area contributed by atoms with Crippen molar-refractivity contribution in [3.8, 4) is 0 Å². The molecule has 1 saturated heterocycles. The summed E-state index contributed by atoms with van der Waals surface area (Å²) in [5.74, 6) is -0.0222. The van der Waals surface area contributed by atoms with E-state index in [0.717, 1.165) is 37.1 Å². The summed E-state index contributed by atoms with van der Waals surface area (Å²) in [6.07, 6.45) is 3.73. The maximum absolute atomic E-state index is 12.9. The fourth-order valence-corrected chi connectivity index (χ4v) is 4.25. The third kappa shape index (κ3) is 3.15. The fourth-order valence-electron chi connectivity index (χ4n) is 4.25. The predicted molar refractivity (Wildman–Crippen MR) is 103 cm³/mol. The lowest BCUT2D eigenvalue weighted by molar-refractivity contribution is -0.167. The fraction of sp³-hybridized carbons (Fsp3) is 0.409. The van der Waals surface area contributed by atoms with Gasteiger partial charge in [0.1, 0.15) is 0 Å². The van der Waals surface area contributed by atoms with E-state index < -0.39 is 5.60 Å². The minimum Gasteiger partial charge on any atom is -0.357 e. The minimum atomic E-state index is -0.858. The molecule has 0 bridgehead atoms. The Hall–Kier alpha value is -2.17. The summed E-state index contributed by atoms with van der Waals surface area (Å²) in [7, 11) is 0. The molecule has 2 heterocycles. The lowest BCUT2D eigenvalue weighted by Crippen LogP contribution is -2.52. The Kier molecular flexibility index (Phi) is 4.79. The van der Waals surface area contributed by atoms with Crippen molar-refractivity contribution in [3.63, 3.8) is 0 Å². The predicted octanol–water partition coefficient (Wildman–Crippen LogP) is 3.97. The molecule has 1 unspecified atom stereocenters. The monoisotopic (exact) mass is 350 g/mol. The first-order valence-electron chi connectivity index (χ1n) is 9.57. The molecule has 0 aromatic heterocycles. The second-order valence-electron chi connectivity index (χ2n) is 7.36. The van der Waals surface area contributed by atoms with Gasteiger partial charge in [-0.15, -0.1) is 0 Å². The number of carbonyl (C=O) groups excluding carboxylic acids is 1. The van der Waals surface area contributed by atoms with Gasteiger partial charge in [-0.25, -0.2) is 0 Å². The quantitative estimate of drug-likeness (QED) is 0.858. The normalized spacial score (nSPS) is 27.3. The highest BCUT2D eigenvalue weighted by Gasteiger charge is 2.53. The van der Waals surface area contributed by atoms with Crippen molar-refractivity contribution in [1.29, 1.82) is 0 Å². The zero-order chi connectivity index (χ0) is 18.0. The van der Waals surface area contributed by atoms with Crippen LogP contribution in [0.15, 0.2) is 54.6 Å².